The lowest BCUT2D eigenvalue weighted by molar-refractivity contribution is 0.0847. The van der Waals surface area contributed by atoms with Crippen LogP contribution in [0.5, 0.6) is 0 Å². The first kappa shape index (κ1) is 14.3. The Morgan fingerprint density at radius 3 is 2.95 bits per heavy atom. The van der Waals surface area contributed by atoms with E-state index in [2.05, 4.69) is 28.2 Å². The minimum absolute atomic E-state index is 0.384. The van der Waals surface area contributed by atoms with Crippen LogP contribution in [0.4, 0.5) is 0 Å². The fourth-order valence-electron chi connectivity index (χ4n) is 3.08. The summed E-state index contributed by atoms with van der Waals surface area (Å²) >= 11 is 0. The molecular formula is C15H23N5O. The lowest BCUT2D eigenvalue weighted by Gasteiger charge is -2.26. The summed E-state index contributed by atoms with van der Waals surface area (Å²) in [7, 11) is 0. The van der Waals surface area contributed by atoms with Gasteiger partial charge in [-0.25, -0.2) is 0 Å². The van der Waals surface area contributed by atoms with Crippen LogP contribution in [-0.2, 0) is 13.1 Å². The smallest absolute Gasteiger partial charge is 0.0862 e. The number of hydrogen-bond acceptors (Lipinski definition) is 4. The molecule has 0 radical (unpaired) electrons. The highest BCUT2D eigenvalue weighted by Gasteiger charge is 2.26. The van der Waals surface area contributed by atoms with Crippen LogP contribution in [-0.4, -0.2) is 54.8 Å². The predicted molar refractivity (Wildman–Crippen MR) is 79.8 cm³/mol. The molecule has 0 saturated carbocycles. The summed E-state index contributed by atoms with van der Waals surface area (Å²) in [6.45, 7) is 5.27. The van der Waals surface area contributed by atoms with Gasteiger partial charge in [0.15, 0.2) is 0 Å². The first-order valence-electron chi connectivity index (χ1n) is 7.59. The molecule has 0 spiro atoms. The maximum atomic E-state index is 10.2. The summed E-state index contributed by atoms with van der Waals surface area (Å²) in [4.78, 5) is 2.38. The van der Waals surface area contributed by atoms with Crippen LogP contribution in [0.2, 0.25) is 0 Å². The van der Waals surface area contributed by atoms with E-state index in [9.17, 15) is 5.11 Å². The van der Waals surface area contributed by atoms with E-state index in [0.29, 0.717) is 19.1 Å². The molecule has 2 aromatic rings. The van der Waals surface area contributed by atoms with Gasteiger partial charge in [0, 0.05) is 31.2 Å². The van der Waals surface area contributed by atoms with Gasteiger partial charge in [0.1, 0.15) is 0 Å². The molecule has 1 fully saturated rings. The van der Waals surface area contributed by atoms with Crippen LogP contribution in [0.3, 0.4) is 0 Å². The second kappa shape index (κ2) is 6.41. The lowest BCUT2D eigenvalue weighted by atomic mass is 10.2. The predicted octanol–water partition coefficient (Wildman–Crippen LogP) is 0.914. The Hall–Kier alpha value is -1.66. The zero-order valence-electron chi connectivity index (χ0n) is 12.5. The standard InChI is InChI=1S/C15H23N5O/c1-13-8-17-20(9-13)10-14-4-2-6-18(14)11-15(21)12-19-7-3-5-16-19/h3,5,7-9,14-15,21H,2,4,6,10-12H2,1H3/t14-,15-/m0/s1. The highest BCUT2D eigenvalue weighted by Crippen LogP contribution is 2.19. The van der Waals surface area contributed by atoms with Gasteiger partial charge in [0.2, 0.25) is 0 Å². The van der Waals surface area contributed by atoms with E-state index in [-0.39, 0.29) is 6.10 Å². The Morgan fingerprint density at radius 1 is 1.33 bits per heavy atom. The minimum atomic E-state index is -0.384. The van der Waals surface area contributed by atoms with Crippen LogP contribution >= 0.6 is 0 Å². The second-order valence-electron chi connectivity index (χ2n) is 5.91. The molecule has 114 valence electrons. The van der Waals surface area contributed by atoms with E-state index in [1.807, 2.05) is 23.1 Å². The van der Waals surface area contributed by atoms with Crippen molar-refractivity contribution in [1.29, 1.82) is 0 Å². The van der Waals surface area contributed by atoms with Gasteiger partial charge in [0.25, 0.3) is 0 Å². The number of hydrogen-bond donors (Lipinski definition) is 1. The number of aryl methyl sites for hydroxylation is 1. The van der Waals surface area contributed by atoms with Gasteiger partial charge >= 0.3 is 0 Å². The normalized spacial score (nSPS) is 21.0. The third kappa shape index (κ3) is 3.71. The summed E-state index contributed by atoms with van der Waals surface area (Å²) in [5.74, 6) is 0. The van der Waals surface area contributed by atoms with E-state index < -0.39 is 0 Å². The van der Waals surface area contributed by atoms with Crippen molar-refractivity contribution < 1.29 is 5.11 Å². The first-order chi connectivity index (χ1) is 10.2. The summed E-state index contributed by atoms with van der Waals surface area (Å²) < 4.78 is 3.80. The topological polar surface area (TPSA) is 59.1 Å². The fraction of sp³-hybridized carbons (Fsp3) is 0.600. The van der Waals surface area contributed by atoms with Gasteiger partial charge in [-0.1, -0.05) is 0 Å². The molecule has 3 heterocycles. The van der Waals surface area contributed by atoms with Crippen molar-refractivity contribution in [1.82, 2.24) is 24.5 Å². The lowest BCUT2D eigenvalue weighted by Crippen LogP contribution is -2.40. The van der Waals surface area contributed by atoms with E-state index in [0.717, 1.165) is 13.1 Å². The molecule has 6 heteroatoms. The first-order valence-corrected chi connectivity index (χ1v) is 7.59. The molecule has 0 aromatic carbocycles. The molecule has 0 unspecified atom stereocenters. The summed E-state index contributed by atoms with van der Waals surface area (Å²) in [5, 5.41) is 18.8. The fourth-order valence-corrected chi connectivity index (χ4v) is 3.08. The maximum Gasteiger partial charge on any atom is 0.0862 e. The summed E-state index contributed by atoms with van der Waals surface area (Å²) in [6.07, 6.45) is 9.59. The van der Waals surface area contributed by atoms with Gasteiger partial charge < -0.3 is 5.11 Å². The van der Waals surface area contributed by atoms with Crippen molar-refractivity contribution in [2.24, 2.45) is 0 Å². The molecule has 1 saturated heterocycles. The highest BCUT2D eigenvalue weighted by molar-refractivity contribution is 4.99. The van der Waals surface area contributed by atoms with Crippen LogP contribution < -0.4 is 0 Å². The van der Waals surface area contributed by atoms with Crippen molar-refractivity contribution in [2.75, 3.05) is 13.1 Å². The molecule has 0 aliphatic carbocycles. The SMILES string of the molecule is Cc1cnn(C[C@@H]2CCCN2C[C@H](O)Cn2cccn2)c1. The van der Waals surface area contributed by atoms with E-state index in [1.54, 1.807) is 10.9 Å². The maximum absolute atomic E-state index is 10.2. The van der Waals surface area contributed by atoms with Crippen molar-refractivity contribution in [3.05, 3.63) is 36.4 Å². The van der Waals surface area contributed by atoms with Crippen LogP contribution in [0, 0.1) is 6.92 Å². The molecule has 2 atom stereocenters. The van der Waals surface area contributed by atoms with Gasteiger partial charge in [-0.15, -0.1) is 0 Å². The number of aromatic nitrogens is 4. The molecule has 2 aromatic heterocycles. The van der Waals surface area contributed by atoms with Crippen LogP contribution in [0.1, 0.15) is 18.4 Å². The van der Waals surface area contributed by atoms with E-state index in [1.165, 1.54) is 18.4 Å². The highest BCUT2D eigenvalue weighted by atomic mass is 16.3. The Labute approximate surface area is 125 Å². The van der Waals surface area contributed by atoms with Crippen LogP contribution in [0.15, 0.2) is 30.9 Å². The Bertz CT molecular complexity index is 550. The molecular weight excluding hydrogens is 266 g/mol. The molecule has 0 amide bonds. The third-order valence-electron chi connectivity index (χ3n) is 4.06. The van der Waals surface area contributed by atoms with Gasteiger partial charge in [0.05, 0.1) is 25.4 Å². The summed E-state index contributed by atoms with van der Waals surface area (Å²) in [5.41, 5.74) is 1.19. The molecule has 1 aliphatic rings. The molecule has 3 rings (SSSR count). The average Bonchev–Trinajstić information content (AvgIpc) is 3.15. The number of β-amino-alcohol motifs (C(OH)–C–C–N with tert-alkyl or cyclic N) is 1. The van der Waals surface area contributed by atoms with E-state index in [4.69, 9.17) is 0 Å². The van der Waals surface area contributed by atoms with Crippen molar-refractivity contribution in [3.63, 3.8) is 0 Å². The van der Waals surface area contributed by atoms with Gasteiger partial charge in [-0.2, -0.15) is 10.2 Å². The number of rotatable bonds is 6. The Morgan fingerprint density at radius 2 is 2.24 bits per heavy atom. The minimum Gasteiger partial charge on any atom is -0.390 e. The number of nitrogens with zero attached hydrogens (tertiary/aromatic N) is 5. The Kier molecular flexibility index (Phi) is 4.36. The van der Waals surface area contributed by atoms with Crippen molar-refractivity contribution >= 4 is 0 Å². The monoisotopic (exact) mass is 289 g/mol. The van der Waals surface area contributed by atoms with E-state index >= 15 is 0 Å². The van der Waals surface area contributed by atoms with Crippen molar-refractivity contribution in [3.8, 4) is 0 Å². The average molecular weight is 289 g/mol. The third-order valence-corrected chi connectivity index (χ3v) is 4.06. The number of aliphatic hydroxyl groups is 1. The molecule has 21 heavy (non-hydrogen) atoms. The largest absolute Gasteiger partial charge is 0.390 e. The molecule has 1 N–H and O–H groups in total. The van der Waals surface area contributed by atoms with Crippen molar-refractivity contribution in [2.45, 2.75) is 45.0 Å². The van der Waals surface area contributed by atoms with Gasteiger partial charge in [-0.05, 0) is 37.9 Å². The molecule has 1 aliphatic heterocycles. The quantitative estimate of drug-likeness (QED) is 0.859. The molecule has 6 nitrogen and oxygen atoms in total. The second-order valence-corrected chi connectivity index (χ2v) is 5.91. The zero-order valence-corrected chi connectivity index (χ0v) is 12.5. The van der Waals surface area contributed by atoms with Gasteiger partial charge in [-0.3, -0.25) is 14.3 Å². The number of likely N-dealkylation sites (tertiary alicyclic amines) is 1. The zero-order chi connectivity index (χ0) is 14.7. The van der Waals surface area contributed by atoms with Crippen LogP contribution in [0.25, 0.3) is 0 Å². The number of aliphatic hydroxyl groups excluding tert-OH is 1. The Balaban J connectivity index is 1.54. The molecule has 0 bridgehead atoms. The summed E-state index contributed by atoms with van der Waals surface area (Å²) in [6, 6.07) is 2.35.